The van der Waals surface area contributed by atoms with Crippen molar-refractivity contribution >= 4 is 33.3 Å². The lowest BCUT2D eigenvalue weighted by Gasteiger charge is -2.12. The number of hydrogen-bond donors (Lipinski definition) is 0. The van der Waals surface area contributed by atoms with Crippen molar-refractivity contribution in [2.45, 2.75) is 42.6 Å². The van der Waals surface area contributed by atoms with Crippen LogP contribution in [0.1, 0.15) is 42.6 Å². The average Bonchev–Trinajstić information content (AvgIpc) is 3.33. The molecule has 30 heavy (non-hydrogen) atoms. The number of fused-ring (bicyclic) bond motifs is 1. The minimum atomic E-state index is -0.112. The molecular weight excluding hydrogens is 416 g/mol. The number of thioether (sulfide) groups is 1. The molecule has 1 fully saturated rings. The summed E-state index contributed by atoms with van der Waals surface area (Å²) in [5.41, 5.74) is 1.88. The Morgan fingerprint density at radius 3 is 2.87 bits per heavy atom. The second kappa shape index (κ2) is 7.85. The summed E-state index contributed by atoms with van der Waals surface area (Å²) in [7, 11) is 0. The number of allylic oxidation sites excluding steroid dienone is 1. The lowest BCUT2D eigenvalue weighted by molar-refractivity contribution is 0.374. The third-order valence-electron chi connectivity index (χ3n) is 5.09. The minimum Gasteiger partial charge on any atom is -0.338 e. The summed E-state index contributed by atoms with van der Waals surface area (Å²) in [6.07, 6.45) is 3.97. The molecule has 1 aromatic carbocycles. The van der Waals surface area contributed by atoms with Crippen molar-refractivity contribution in [3.8, 4) is 11.1 Å². The molecule has 0 bridgehead atoms. The molecule has 0 aliphatic heterocycles. The van der Waals surface area contributed by atoms with Crippen molar-refractivity contribution in [1.82, 2.24) is 19.7 Å². The Balaban J connectivity index is 1.55. The first-order valence-corrected chi connectivity index (χ1v) is 11.6. The van der Waals surface area contributed by atoms with Gasteiger partial charge in [0.15, 0.2) is 11.0 Å². The first-order chi connectivity index (χ1) is 14.7. The van der Waals surface area contributed by atoms with Crippen LogP contribution in [0.4, 0.5) is 0 Å². The Labute approximate surface area is 181 Å². The zero-order chi connectivity index (χ0) is 20.7. The molecule has 0 radical (unpaired) electrons. The van der Waals surface area contributed by atoms with E-state index in [9.17, 15) is 4.79 Å². The molecule has 0 N–H and O–H groups in total. The average molecular weight is 437 g/mol. The Morgan fingerprint density at radius 1 is 1.33 bits per heavy atom. The van der Waals surface area contributed by atoms with Crippen LogP contribution >= 0.6 is 23.1 Å². The molecule has 3 heterocycles. The van der Waals surface area contributed by atoms with E-state index in [0.29, 0.717) is 28.9 Å². The van der Waals surface area contributed by atoms with E-state index in [1.807, 2.05) is 42.6 Å². The molecule has 1 atom stereocenters. The summed E-state index contributed by atoms with van der Waals surface area (Å²) in [6.45, 7) is 6.20. The minimum absolute atomic E-state index is 0.0566. The maximum atomic E-state index is 13.4. The topological polar surface area (TPSA) is 73.8 Å². The summed E-state index contributed by atoms with van der Waals surface area (Å²) in [5, 5.41) is 7.28. The molecule has 152 valence electrons. The monoisotopic (exact) mass is 436 g/mol. The van der Waals surface area contributed by atoms with Crippen molar-refractivity contribution in [1.29, 1.82) is 0 Å². The second-order valence-electron chi connectivity index (χ2n) is 7.32. The van der Waals surface area contributed by atoms with Crippen LogP contribution in [0.3, 0.4) is 0 Å². The molecule has 0 amide bonds. The van der Waals surface area contributed by atoms with Gasteiger partial charge >= 0.3 is 0 Å². The third-order valence-corrected chi connectivity index (χ3v) is 7.03. The highest BCUT2D eigenvalue weighted by Crippen LogP contribution is 2.40. The highest BCUT2D eigenvalue weighted by Gasteiger charge is 2.30. The number of nitrogens with zero attached hydrogens (tertiary/aromatic N) is 4. The van der Waals surface area contributed by atoms with Gasteiger partial charge in [0.1, 0.15) is 4.83 Å². The number of hydrogen-bond acceptors (Lipinski definition) is 7. The summed E-state index contributed by atoms with van der Waals surface area (Å²) in [4.78, 5) is 23.5. The standard InChI is InChI=1S/C22H20N4O2S2/c1-3-11-26-21(27)17-16(14-7-5-4-6-8-14)12-29-20(17)24-22(26)30-13(2)19-23-18(25-28-19)15-9-10-15/h3-8,12-13,15H,1,9-11H2,2H3. The van der Waals surface area contributed by atoms with Gasteiger partial charge in [-0.2, -0.15) is 4.98 Å². The zero-order valence-corrected chi connectivity index (χ0v) is 18.1. The highest BCUT2D eigenvalue weighted by molar-refractivity contribution is 7.99. The fraction of sp³-hybridized carbons (Fsp3) is 0.273. The zero-order valence-electron chi connectivity index (χ0n) is 16.4. The van der Waals surface area contributed by atoms with Crippen LogP contribution in [0, 0.1) is 0 Å². The van der Waals surface area contributed by atoms with Gasteiger partial charge in [0, 0.05) is 23.4 Å². The fourth-order valence-corrected chi connectivity index (χ4v) is 5.28. The maximum Gasteiger partial charge on any atom is 0.263 e. The molecule has 4 aromatic rings. The van der Waals surface area contributed by atoms with Gasteiger partial charge < -0.3 is 4.52 Å². The first-order valence-electron chi connectivity index (χ1n) is 9.84. The van der Waals surface area contributed by atoms with Gasteiger partial charge in [0.2, 0.25) is 5.89 Å². The van der Waals surface area contributed by atoms with Gasteiger partial charge in [0.05, 0.1) is 10.6 Å². The maximum absolute atomic E-state index is 13.4. The van der Waals surface area contributed by atoms with Gasteiger partial charge in [-0.05, 0) is 25.3 Å². The van der Waals surface area contributed by atoms with E-state index < -0.39 is 0 Å². The summed E-state index contributed by atoms with van der Waals surface area (Å²) in [5.74, 6) is 1.79. The summed E-state index contributed by atoms with van der Waals surface area (Å²) in [6, 6.07) is 9.93. The number of rotatable bonds is 7. The Kier molecular flexibility index (Phi) is 5.04. The SMILES string of the molecule is C=CCn1c(SC(C)c2nc(C3CC3)no2)nc2scc(-c3ccccc3)c2c1=O. The first kappa shape index (κ1) is 19.3. The van der Waals surface area contributed by atoms with Crippen molar-refractivity contribution in [2.24, 2.45) is 0 Å². The number of benzene rings is 1. The van der Waals surface area contributed by atoms with E-state index in [-0.39, 0.29) is 10.8 Å². The van der Waals surface area contributed by atoms with Crippen LogP contribution in [0.5, 0.6) is 0 Å². The largest absolute Gasteiger partial charge is 0.338 e. The molecule has 1 aliphatic rings. The van der Waals surface area contributed by atoms with Crippen molar-refractivity contribution in [2.75, 3.05) is 0 Å². The molecule has 8 heteroatoms. The molecule has 5 rings (SSSR count). The highest BCUT2D eigenvalue weighted by atomic mass is 32.2. The molecule has 1 aliphatic carbocycles. The molecular formula is C22H20N4O2S2. The van der Waals surface area contributed by atoms with Crippen molar-refractivity contribution in [3.63, 3.8) is 0 Å². The lowest BCUT2D eigenvalue weighted by Crippen LogP contribution is -2.22. The number of thiophene rings is 1. The summed E-state index contributed by atoms with van der Waals surface area (Å²) < 4.78 is 7.14. The van der Waals surface area contributed by atoms with Crippen LogP contribution in [0.2, 0.25) is 0 Å². The molecule has 1 saturated carbocycles. The second-order valence-corrected chi connectivity index (χ2v) is 9.49. The van der Waals surface area contributed by atoms with Crippen LogP contribution in [-0.2, 0) is 6.54 Å². The quantitative estimate of drug-likeness (QED) is 0.219. The number of aromatic nitrogens is 4. The van der Waals surface area contributed by atoms with E-state index in [2.05, 4.69) is 16.7 Å². The Morgan fingerprint density at radius 2 is 2.13 bits per heavy atom. The normalized spacial score (nSPS) is 14.8. The van der Waals surface area contributed by atoms with Crippen molar-refractivity contribution < 1.29 is 4.52 Å². The lowest BCUT2D eigenvalue weighted by atomic mass is 10.1. The van der Waals surface area contributed by atoms with E-state index in [1.165, 1.54) is 23.1 Å². The van der Waals surface area contributed by atoms with E-state index in [0.717, 1.165) is 34.6 Å². The van der Waals surface area contributed by atoms with Gasteiger partial charge in [-0.15, -0.1) is 17.9 Å². The van der Waals surface area contributed by atoms with E-state index in [1.54, 1.807) is 10.6 Å². The molecule has 0 spiro atoms. The molecule has 6 nitrogen and oxygen atoms in total. The fourth-order valence-electron chi connectivity index (χ4n) is 3.34. The van der Waals surface area contributed by atoms with Crippen LogP contribution in [0.15, 0.2) is 62.8 Å². The van der Waals surface area contributed by atoms with Gasteiger partial charge in [-0.25, -0.2) is 4.98 Å². The predicted molar refractivity (Wildman–Crippen MR) is 120 cm³/mol. The van der Waals surface area contributed by atoms with Crippen LogP contribution in [0.25, 0.3) is 21.3 Å². The van der Waals surface area contributed by atoms with Crippen LogP contribution in [-0.4, -0.2) is 19.7 Å². The Bertz CT molecular complexity index is 1270. The van der Waals surface area contributed by atoms with Gasteiger partial charge in [-0.1, -0.05) is 53.3 Å². The molecule has 0 saturated heterocycles. The van der Waals surface area contributed by atoms with Gasteiger partial charge in [-0.3, -0.25) is 9.36 Å². The predicted octanol–water partition coefficient (Wildman–Crippen LogP) is 5.42. The third kappa shape index (κ3) is 3.50. The summed E-state index contributed by atoms with van der Waals surface area (Å²) >= 11 is 2.95. The van der Waals surface area contributed by atoms with E-state index >= 15 is 0 Å². The van der Waals surface area contributed by atoms with Crippen molar-refractivity contribution in [3.05, 3.63) is 70.4 Å². The Hall–Kier alpha value is -2.71. The smallest absolute Gasteiger partial charge is 0.263 e. The van der Waals surface area contributed by atoms with E-state index in [4.69, 9.17) is 9.51 Å². The molecule has 1 unspecified atom stereocenters. The molecule has 3 aromatic heterocycles. The van der Waals surface area contributed by atoms with Gasteiger partial charge in [0.25, 0.3) is 5.56 Å². The van der Waals surface area contributed by atoms with Crippen LogP contribution < -0.4 is 5.56 Å².